The molecule has 1 unspecified atom stereocenters. The third-order valence-corrected chi connectivity index (χ3v) is 5.46. The molecule has 0 radical (unpaired) electrons. The smallest absolute Gasteiger partial charge is 0.0702 e. The number of nitrogens with zero attached hydrogens (tertiary/aromatic N) is 1. The number of halogens is 1. The normalized spacial score (nSPS) is 22.6. The molecule has 2 nitrogen and oxygen atoms in total. The number of likely N-dealkylation sites (tertiary alicyclic amines) is 1. The maximum Gasteiger partial charge on any atom is 0.0702 e. The minimum atomic E-state index is 0.405. The van der Waals surface area contributed by atoms with Gasteiger partial charge in [0.15, 0.2) is 0 Å². The van der Waals surface area contributed by atoms with E-state index in [9.17, 15) is 0 Å². The minimum Gasteiger partial charge on any atom is -0.329 e. The number of piperidine rings is 1. The molecule has 1 aliphatic heterocycles. The molecule has 0 aromatic carbocycles. The molecule has 2 N–H and O–H groups in total. The zero-order valence-electron chi connectivity index (χ0n) is 10.6. The third-order valence-electron chi connectivity index (χ3n) is 3.74. The largest absolute Gasteiger partial charge is 0.329 e. The molecule has 0 spiro atoms. The Bertz CT molecular complexity index is 365. The summed E-state index contributed by atoms with van der Waals surface area (Å²) in [7, 11) is 0. The summed E-state index contributed by atoms with van der Waals surface area (Å²) in [6.45, 7) is 7.79. The highest BCUT2D eigenvalue weighted by Gasteiger charge is 2.29. The van der Waals surface area contributed by atoms with Crippen LogP contribution in [0, 0.1) is 5.41 Å². The van der Waals surface area contributed by atoms with Crippen molar-refractivity contribution in [1.29, 1.82) is 0 Å². The monoisotopic (exact) mass is 316 g/mol. The molecular formula is C13H21BrN2S. The zero-order chi connectivity index (χ0) is 12.5. The summed E-state index contributed by atoms with van der Waals surface area (Å²) in [5.41, 5.74) is 6.47. The molecule has 1 atom stereocenters. The van der Waals surface area contributed by atoms with Crippen LogP contribution in [0.15, 0.2) is 15.9 Å². The van der Waals surface area contributed by atoms with Gasteiger partial charge in [-0.05, 0) is 59.4 Å². The maximum absolute atomic E-state index is 5.96. The topological polar surface area (TPSA) is 29.3 Å². The van der Waals surface area contributed by atoms with E-state index in [1.165, 1.54) is 34.6 Å². The van der Waals surface area contributed by atoms with Crippen molar-refractivity contribution in [2.24, 2.45) is 11.1 Å². The van der Waals surface area contributed by atoms with Crippen molar-refractivity contribution in [2.45, 2.75) is 32.7 Å². The van der Waals surface area contributed by atoms with E-state index >= 15 is 0 Å². The summed E-state index contributed by atoms with van der Waals surface area (Å²) < 4.78 is 1.20. The average molecular weight is 317 g/mol. The van der Waals surface area contributed by atoms with E-state index in [4.69, 9.17) is 5.73 Å². The molecule has 17 heavy (non-hydrogen) atoms. The van der Waals surface area contributed by atoms with Crippen LogP contribution in [0.2, 0.25) is 0 Å². The summed E-state index contributed by atoms with van der Waals surface area (Å²) in [5, 5.41) is 0. The number of nitrogens with two attached hydrogens (primary N) is 1. The van der Waals surface area contributed by atoms with Crippen LogP contribution in [0.1, 0.15) is 37.6 Å². The van der Waals surface area contributed by atoms with Crippen LogP contribution >= 0.6 is 27.3 Å². The van der Waals surface area contributed by atoms with E-state index in [1.807, 2.05) is 11.3 Å². The highest BCUT2D eigenvalue weighted by molar-refractivity contribution is 9.11. The Kier molecular flexibility index (Phi) is 4.29. The molecule has 0 bridgehead atoms. The fraction of sp³-hybridized carbons (Fsp3) is 0.692. The Labute approximate surface area is 116 Å². The van der Waals surface area contributed by atoms with Gasteiger partial charge in [-0.3, -0.25) is 4.90 Å². The van der Waals surface area contributed by atoms with Gasteiger partial charge in [0, 0.05) is 11.4 Å². The average Bonchev–Trinajstić information content (AvgIpc) is 2.68. The van der Waals surface area contributed by atoms with Gasteiger partial charge in [-0.2, -0.15) is 0 Å². The molecule has 2 rings (SSSR count). The van der Waals surface area contributed by atoms with Crippen molar-refractivity contribution in [1.82, 2.24) is 4.90 Å². The van der Waals surface area contributed by atoms with Crippen molar-refractivity contribution in [3.05, 3.63) is 20.8 Å². The van der Waals surface area contributed by atoms with Gasteiger partial charge in [-0.1, -0.05) is 13.8 Å². The Hall–Kier alpha value is 0.1000. The van der Waals surface area contributed by atoms with Crippen LogP contribution in [-0.4, -0.2) is 24.5 Å². The molecule has 1 fully saturated rings. The molecule has 0 amide bonds. The van der Waals surface area contributed by atoms with E-state index in [1.54, 1.807) is 0 Å². The fourth-order valence-electron chi connectivity index (χ4n) is 2.39. The summed E-state index contributed by atoms with van der Waals surface area (Å²) >= 11 is 5.34. The van der Waals surface area contributed by atoms with Crippen molar-refractivity contribution >= 4 is 27.3 Å². The van der Waals surface area contributed by atoms with Gasteiger partial charge in [-0.15, -0.1) is 11.3 Å². The highest BCUT2D eigenvalue weighted by Crippen LogP contribution is 2.36. The van der Waals surface area contributed by atoms with E-state index in [0.717, 1.165) is 0 Å². The van der Waals surface area contributed by atoms with Gasteiger partial charge >= 0.3 is 0 Å². The molecule has 1 aromatic heterocycles. The van der Waals surface area contributed by atoms with E-state index in [0.29, 0.717) is 18.0 Å². The van der Waals surface area contributed by atoms with E-state index in [2.05, 4.69) is 46.8 Å². The number of hydrogen-bond donors (Lipinski definition) is 1. The Morgan fingerprint density at radius 2 is 2.06 bits per heavy atom. The van der Waals surface area contributed by atoms with Crippen LogP contribution in [-0.2, 0) is 0 Å². The summed E-state index contributed by atoms with van der Waals surface area (Å²) in [5.74, 6) is 0. The van der Waals surface area contributed by atoms with Crippen molar-refractivity contribution in [3.8, 4) is 0 Å². The number of hydrogen-bond acceptors (Lipinski definition) is 3. The SMILES string of the molecule is CC1(C)CCN(C(CN)c2ccc(Br)s2)CC1. The molecule has 2 heterocycles. The highest BCUT2D eigenvalue weighted by atomic mass is 79.9. The predicted molar refractivity (Wildman–Crippen MR) is 78.4 cm³/mol. The van der Waals surface area contributed by atoms with Crippen LogP contribution in [0.4, 0.5) is 0 Å². The van der Waals surface area contributed by atoms with Gasteiger partial charge in [0.05, 0.1) is 9.83 Å². The zero-order valence-corrected chi connectivity index (χ0v) is 13.0. The lowest BCUT2D eigenvalue weighted by Gasteiger charge is -2.40. The Morgan fingerprint density at radius 3 is 2.53 bits per heavy atom. The second-order valence-corrected chi connectivity index (χ2v) is 8.09. The summed E-state index contributed by atoms with van der Waals surface area (Å²) in [6.07, 6.45) is 2.55. The molecular weight excluding hydrogens is 296 g/mol. The third kappa shape index (κ3) is 3.31. The van der Waals surface area contributed by atoms with Gasteiger partial charge in [0.25, 0.3) is 0 Å². The first-order valence-electron chi connectivity index (χ1n) is 6.21. The molecule has 0 saturated carbocycles. The van der Waals surface area contributed by atoms with Crippen LogP contribution < -0.4 is 5.73 Å². The maximum atomic E-state index is 5.96. The summed E-state index contributed by atoms with van der Waals surface area (Å²) in [6, 6.07) is 4.73. The first-order valence-corrected chi connectivity index (χ1v) is 7.82. The van der Waals surface area contributed by atoms with Crippen molar-refractivity contribution < 1.29 is 0 Å². The van der Waals surface area contributed by atoms with E-state index in [-0.39, 0.29) is 0 Å². The molecule has 4 heteroatoms. The molecule has 0 aliphatic carbocycles. The Balaban J connectivity index is 2.05. The lowest BCUT2D eigenvalue weighted by Crippen LogP contribution is -2.41. The second-order valence-electron chi connectivity index (χ2n) is 5.59. The molecule has 1 aliphatic rings. The number of thiophene rings is 1. The number of rotatable bonds is 3. The van der Waals surface area contributed by atoms with Crippen LogP contribution in [0.5, 0.6) is 0 Å². The first kappa shape index (κ1) is 13.5. The lowest BCUT2D eigenvalue weighted by molar-refractivity contribution is 0.0977. The standard InChI is InChI=1S/C13H21BrN2S/c1-13(2)5-7-16(8-6-13)10(9-15)11-3-4-12(14)17-11/h3-4,10H,5-9,15H2,1-2H3. The summed E-state index contributed by atoms with van der Waals surface area (Å²) in [4.78, 5) is 3.93. The van der Waals surface area contributed by atoms with Gasteiger partial charge < -0.3 is 5.73 Å². The molecule has 1 saturated heterocycles. The Morgan fingerprint density at radius 1 is 1.41 bits per heavy atom. The lowest BCUT2D eigenvalue weighted by atomic mass is 9.82. The minimum absolute atomic E-state index is 0.405. The predicted octanol–water partition coefficient (Wildman–Crippen LogP) is 3.63. The second kappa shape index (κ2) is 5.39. The van der Waals surface area contributed by atoms with Crippen LogP contribution in [0.25, 0.3) is 0 Å². The van der Waals surface area contributed by atoms with Crippen molar-refractivity contribution in [2.75, 3.05) is 19.6 Å². The molecule has 1 aromatic rings. The van der Waals surface area contributed by atoms with Crippen LogP contribution in [0.3, 0.4) is 0 Å². The van der Waals surface area contributed by atoms with E-state index < -0.39 is 0 Å². The van der Waals surface area contributed by atoms with Crippen molar-refractivity contribution in [3.63, 3.8) is 0 Å². The molecule has 96 valence electrons. The van der Waals surface area contributed by atoms with Gasteiger partial charge in [0.2, 0.25) is 0 Å². The fourth-order valence-corrected chi connectivity index (χ4v) is 3.97. The first-order chi connectivity index (χ1) is 8.02. The van der Waals surface area contributed by atoms with Gasteiger partial charge in [0.1, 0.15) is 0 Å². The quantitative estimate of drug-likeness (QED) is 0.922. The van der Waals surface area contributed by atoms with Gasteiger partial charge in [-0.25, -0.2) is 0 Å².